The van der Waals surface area contributed by atoms with Crippen molar-refractivity contribution in [2.75, 3.05) is 19.6 Å². The van der Waals surface area contributed by atoms with Crippen LogP contribution in [0.4, 0.5) is 0 Å². The Bertz CT molecular complexity index is 989. The molecule has 1 aliphatic rings. The molecule has 3 aromatic rings. The summed E-state index contributed by atoms with van der Waals surface area (Å²) in [4.78, 5) is 27.0. The minimum atomic E-state index is -0.0817. The fourth-order valence-electron chi connectivity index (χ4n) is 3.89. The van der Waals surface area contributed by atoms with Crippen LogP contribution < -0.4 is 5.32 Å². The SMILES string of the molecule is O=C(NCC1CCCN(C(=O)CCn2cnnn2)C1)c1ccc(-c2ccccc2)cc1. The Hall–Kier alpha value is -3.55. The van der Waals surface area contributed by atoms with E-state index in [0.29, 0.717) is 31.6 Å². The van der Waals surface area contributed by atoms with Gasteiger partial charge in [0.2, 0.25) is 5.91 Å². The Kier molecular flexibility index (Phi) is 6.66. The first kappa shape index (κ1) is 20.7. The molecule has 1 unspecified atom stereocenters. The molecule has 8 nitrogen and oxygen atoms in total. The summed E-state index contributed by atoms with van der Waals surface area (Å²) < 4.78 is 1.56. The van der Waals surface area contributed by atoms with Crippen LogP contribution in [-0.4, -0.2) is 56.6 Å². The number of hydrogen-bond acceptors (Lipinski definition) is 5. The van der Waals surface area contributed by atoms with E-state index in [1.165, 1.54) is 6.33 Å². The standard InChI is InChI=1S/C23H26N6O2/c30-22(12-14-29-17-25-26-27-29)28-13-4-5-18(16-28)15-24-23(31)21-10-8-20(9-11-21)19-6-2-1-3-7-19/h1-3,6-11,17-18H,4-5,12-16H2,(H,24,31). The van der Waals surface area contributed by atoms with Gasteiger partial charge in [0, 0.05) is 31.6 Å². The van der Waals surface area contributed by atoms with E-state index in [1.807, 2.05) is 59.5 Å². The molecule has 0 bridgehead atoms. The molecule has 2 amide bonds. The fourth-order valence-corrected chi connectivity index (χ4v) is 3.89. The van der Waals surface area contributed by atoms with Crippen LogP contribution in [0.1, 0.15) is 29.6 Å². The molecule has 1 atom stereocenters. The molecule has 0 saturated carbocycles. The third-order valence-corrected chi connectivity index (χ3v) is 5.62. The molecule has 0 radical (unpaired) electrons. The third kappa shape index (κ3) is 5.53. The molecule has 1 N–H and O–H groups in total. The van der Waals surface area contributed by atoms with Gasteiger partial charge in [-0.3, -0.25) is 9.59 Å². The lowest BCUT2D eigenvalue weighted by Gasteiger charge is -2.33. The lowest BCUT2D eigenvalue weighted by Crippen LogP contribution is -2.43. The number of piperidine rings is 1. The van der Waals surface area contributed by atoms with Crippen molar-refractivity contribution in [3.05, 3.63) is 66.5 Å². The minimum absolute atomic E-state index is 0.0817. The number of tetrazole rings is 1. The Morgan fingerprint density at radius 1 is 1.03 bits per heavy atom. The molecule has 31 heavy (non-hydrogen) atoms. The summed E-state index contributed by atoms with van der Waals surface area (Å²) in [6, 6.07) is 17.7. The van der Waals surface area contributed by atoms with Gasteiger partial charge in [-0.15, -0.1) is 5.10 Å². The molecular weight excluding hydrogens is 392 g/mol. The summed E-state index contributed by atoms with van der Waals surface area (Å²) in [6.07, 6.45) is 3.83. The predicted molar refractivity (Wildman–Crippen MR) is 116 cm³/mol. The zero-order chi connectivity index (χ0) is 21.5. The van der Waals surface area contributed by atoms with Gasteiger partial charge in [0.05, 0.1) is 6.54 Å². The monoisotopic (exact) mass is 418 g/mol. The van der Waals surface area contributed by atoms with E-state index in [9.17, 15) is 9.59 Å². The van der Waals surface area contributed by atoms with Gasteiger partial charge in [-0.2, -0.15) is 0 Å². The third-order valence-electron chi connectivity index (χ3n) is 5.62. The average Bonchev–Trinajstić information content (AvgIpc) is 3.35. The molecule has 1 aromatic heterocycles. The second-order valence-electron chi connectivity index (χ2n) is 7.82. The number of rotatable bonds is 7. The summed E-state index contributed by atoms with van der Waals surface area (Å²) in [5.74, 6) is 0.281. The van der Waals surface area contributed by atoms with E-state index in [4.69, 9.17) is 0 Å². The van der Waals surface area contributed by atoms with E-state index >= 15 is 0 Å². The highest BCUT2D eigenvalue weighted by Gasteiger charge is 2.24. The maximum absolute atomic E-state index is 12.6. The molecule has 2 heterocycles. The summed E-state index contributed by atoms with van der Waals surface area (Å²) in [6.45, 7) is 2.47. The first-order valence-corrected chi connectivity index (χ1v) is 10.6. The van der Waals surface area contributed by atoms with Crippen LogP contribution in [0.25, 0.3) is 11.1 Å². The summed E-state index contributed by atoms with van der Waals surface area (Å²) >= 11 is 0. The van der Waals surface area contributed by atoms with Crippen LogP contribution in [0.2, 0.25) is 0 Å². The Morgan fingerprint density at radius 2 is 1.81 bits per heavy atom. The molecule has 4 rings (SSSR count). The number of aromatic nitrogens is 4. The van der Waals surface area contributed by atoms with Gasteiger partial charge in [0.15, 0.2) is 0 Å². The van der Waals surface area contributed by atoms with Crippen molar-refractivity contribution < 1.29 is 9.59 Å². The summed E-state index contributed by atoms with van der Waals surface area (Å²) in [7, 11) is 0. The summed E-state index contributed by atoms with van der Waals surface area (Å²) in [5, 5.41) is 14.0. The maximum atomic E-state index is 12.6. The second-order valence-corrected chi connectivity index (χ2v) is 7.82. The molecule has 1 saturated heterocycles. The number of likely N-dealkylation sites (tertiary alicyclic amines) is 1. The van der Waals surface area contributed by atoms with Gasteiger partial charge in [-0.05, 0) is 52.4 Å². The number of aryl methyl sites for hydroxylation is 1. The Labute approximate surface area is 181 Å². The van der Waals surface area contributed by atoms with Crippen molar-refractivity contribution in [1.29, 1.82) is 0 Å². The highest BCUT2D eigenvalue weighted by Crippen LogP contribution is 2.20. The molecular formula is C23H26N6O2. The number of benzene rings is 2. The first-order chi connectivity index (χ1) is 15.2. The molecule has 1 fully saturated rings. The molecule has 2 aromatic carbocycles. The van der Waals surface area contributed by atoms with Gasteiger partial charge in [0.1, 0.15) is 6.33 Å². The Balaban J connectivity index is 1.25. The molecule has 1 aliphatic heterocycles. The van der Waals surface area contributed by atoms with Crippen molar-refractivity contribution in [3.8, 4) is 11.1 Å². The van der Waals surface area contributed by atoms with Crippen molar-refractivity contribution in [1.82, 2.24) is 30.4 Å². The number of carbonyl (C=O) groups is 2. The smallest absolute Gasteiger partial charge is 0.251 e. The van der Waals surface area contributed by atoms with Crippen molar-refractivity contribution in [2.45, 2.75) is 25.8 Å². The largest absolute Gasteiger partial charge is 0.352 e. The zero-order valence-corrected chi connectivity index (χ0v) is 17.4. The molecule has 0 spiro atoms. The first-order valence-electron chi connectivity index (χ1n) is 10.6. The van der Waals surface area contributed by atoms with Gasteiger partial charge in [-0.1, -0.05) is 42.5 Å². The normalized spacial score (nSPS) is 16.1. The quantitative estimate of drug-likeness (QED) is 0.636. The number of hydrogen-bond donors (Lipinski definition) is 1. The van der Waals surface area contributed by atoms with E-state index in [2.05, 4.69) is 20.8 Å². The van der Waals surface area contributed by atoms with Gasteiger partial charge >= 0.3 is 0 Å². The lowest BCUT2D eigenvalue weighted by molar-refractivity contribution is -0.133. The van der Waals surface area contributed by atoms with Crippen LogP contribution in [0.3, 0.4) is 0 Å². The van der Waals surface area contributed by atoms with E-state index in [1.54, 1.807) is 4.68 Å². The Morgan fingerprint density at radius 3 is 2.55 bits per heavy atom. The maximum Gasteiger partial charge on any atom is 0.251 e. The molecule has 160 valence electrons. The highest BCUT2D eigenvalue weighted by atomic mass is 16.2. The van der Waals surface area contributed by atoms with Gasteiger partial charge in [0.25, 0.3) is 5.91 Å². The van der Waals surface area contributed by atoms with Crippen LogP contribution >= 0.6 is 0 Å². The topological polar surface area (TPSA) is 93.0 Å². The van der Waals surface area contributed by atoms with Gasteiger partial charge in [-0.25, -0.2) is 4.68 Å². The average molecular weight is 419 g/mol. The number of nitrogens with zero attached hydrogens (tertiary/aromatic N) is 5. The van der Waals surface area contributed by atoms with Crippen LogP contribution in [0, 0.1) is 5.92 Å². The summed E-state index contributed by atoms with van der Waals surface area (Å²) in [5.41, 5.74) is 2.85. The molecule has 0 aliphatic carbocycles. The highest BCUT2D eigenvalue weighted by molar-refractivity contribution is 5.94. The van der Waals surface area contributed by atoms with Crippen LogP contribution in [0.15, 0.2) is 60.9 Å². The van der Waals surface area contributed by atoms with Crippen molar-refractivity contribution in [3.63, 3.8) is 0 Å². The minimum Gasteiger partial charge on any atom is -0.352 e. The number of nitrogens with one attached hydrogen (secondary N) is 1. The number of amides is 2. The second kappa shape index (κ2) is 9.97. The van der Waals surface area contributed by atoms with E-state index < -0.39 is 0 Å². The van der Waals surface area contributed by atoms with Crippen LogP contribution in [-0.2, 0) is 11.3 Å². The van der Waals surface area contributed by atoms with Crippen LogP contribution in [0.5, 0.6) is 0 Å². The van der Waals surface area contributed by atoms with Crippen molar-refractivity contribution >= 4 is 11.8 Å². The number of carbonyl (C=O) groups excluding carboxylic acids is 2. The zero-order valence-electron chi connectivity index (χ0n) is 17.4. The van der Waals surface area contributed by atoms with E-state index in [-0.39, 0.29) is 17.7 Å². The van der Waals surface area contributed by atoms with Crippen molar-refractivity contribution in [2.24, 2.45) is 5.92 Å². The predicted octanol–water partition coefficient (Wildman–Crippen LogP) is 2.40. The van der Waals surface area contributed by atoms with E-state index in [0.717, 1.165) is 30.5 Å². The lowest BCUT2D eigenvalue weighted by atomic mass is 9.97. The molecule has 8 heteroatoms. The van der Waals surface area contributed by atoms with Gasteiger partial charge < -0.3 is 10.2 Å². The fraction of sp³-hybridized carbons (Fsp3) is 0.348.